The number of nitrogens with zero attached hydrogens (tertiary/aromatic N) is 1. The molecular formula is C27H33N4O6S-. The predicted molar refractivity (Wildman–Crippen MR) is 139 cm³/mol. The molecule has 0 saturated carbocycles. The van der Waals surface area contributed by atoms with Gasteiger partial charge in [-0.3, -0.25) is 14.4 Å². The van der Waals surface area contributed by atoms with Crippen molar-refractivity contribution in [3.05, 3.63) is 65.2 Å². The van der Waals surface area contributed by atoms with Gasteiger partial charge < -0.3 is 25.4 Å². The Morgan fingerprint density at radius 1 is 1.05 bits per heavy atom. The molecule has 4 rings (SSSR count). The molecule has 204 valence electrons. The quantitative estimate of drug-likeness (QED) is 0.392. The second kappa shape index (κ2) is 11.6. The van der Waals surface area contributed by atoms with Crippen molar-refractivity contribution >= 4 is 27.8 Å². The number of benzene rings is 2. The summed E-state index contributed by atoms with van der Waals surface area (Å²) in [6, 6.07) is 11.2. The summed E-state index contributed by atoms with van der Waals surface area (Å²) in [5.41, 5.74) is 3.00. The third kappa shape index (κ3) is 6.40. The van der Waals surface area contributed by atoms with Gasteiger partial charge in [0.25, 0.3) is 0 Å². The summed E-state index contributed by atoms with van der Waals surface area (Å²) < 4.78 is 33.8. The first-order chi connectivity index (χ1) is 18.1. The van der Waals surface area contributed by atoms with Crippen LogP contribution in [-0.2, 0) is 43.8 Å². The van der Waals surface area contributed by atoms with Gasteiger partial charge in [-0.15, -0.1) is 0 Å². The highest BCUT2D eigenvalue weighted by molar-refractivity contribution is 7.85. The second-order valence-corrected chi connectivity index (χ2v) is 11.3. The molecule has 1 heterocycles. The first-order valence-electron chi connectivity index (χ1n) is 12.8. The van der Waals surface area contributed by atoms with Crippen LogP contribution in [0.4, 0.5) is 0 Å². The van der Waals surface area contributed by atoms with Crippen molar-refractivity contribution in [2.75, 3.05) is 13.6 Å². The molecule has 0 unspecified atom stereocenters. The minimum absolute atomic E-state index is 0.0276. The number of likely N-dealkylation sites (tertiary alicyclic amines) is 1. The number of fused-ring (bicyclic) bond motifs is 1. The number of hydrogen-bond donors (Lipinski definition) is 3. The van der Waals surface area contributed by atoms with Crippen molar-refractivity contribution in [3.8, 4) is 0 Å². The van der Waals surface area contributed by atoms with Gasteiger partial charge in [0.1, 0.15) is 22.2 Å². The minimum Gasteiger partial charge on any atom is -0.744 e. The molecule has 0 aromatic heterocycles. The Kier molecular flexibility index (Phi) is 8.49. The molecule has 0 radical (unpaired) electrons. The first kappa shape index (κ1) is 27.7. The van der Waals surface area contributed by atoms with Crippen LogP contribution < -0.4 is 16.0 Å². The topological polar surface area (TPSA) is 148 Å². The van der Waals surface area contributed by atoms with Crippen LogP contribution in [0.5, 0.6) is 0 Å². The summed E-state index contributed by atoms with van der Waals surface area (Å²) in [4.78, 5) is 40.8. The normalized spacial score (nSPS) is 19.0. The smallest absolute Gasteiger partial charge is 0.246 e. The minimum atomic E-state index is -4.60. The predicted octanol–water partition coefficient (Wildman–Crippen LogP) is 0.501. The SMILES string of the molecule is CN[C@@H](C)C(=O)N[C@@H](Cc1ccc(S(=O)(=O)[O-])cc1)C(=O)N1CCC[C@H]1C(=O)NC1Cc2ccccc2C1. The van der Waals surface area contributed by atoms with Crippen LogP contribution in [-0.4, -0.2) is 73.4 Å². The Balaban J connectivity index is 1.48. The standard InChI is InChI=1S/C27H34N4O6S/c1-17(28-2)25(32)30-23(14-18-9-11-22(12-10-18)38(35,36)37)27(34)31-13-5-8-24(31)26(33)29-21-15-19-6-3-4-7-20(19)16-21/h3-4,6-7,9-12,17,21,23-24,28H,5,8,13-16H2,1-2H3,(H,29,33)(H,30,32)(H,35,36,37)/p-1/t17-,23-,24-/m0/s1. The maximum absolute atomic E-state index is 13.7. The fourth-order valence-corrected chi connectivity index (χ4v) is 5.59. The maximum atomic E-state index is 13.7. The average molecular weight is 542 g/mol. The fourth-order valence-electron chi connectivity index (χ4n) is 5.12. The monoisotopic (exact) mass is 541 g/mol. The third-order valence-electron chi connectivity index (χ3n) is 7.33. The van der Waals surface area contributed by atoms with Crippen LogP contribution in [0.1, 0.15) is 36.5 Å². The zero-order chi connectivity index (χ0) is 27.4. The molecule has 0 spiro atoms. The van der Waals surface area contributed by atoms with Crippen molar-refractivity contribution < 1.29 is 27.4 Å². The zero-order valence-electron chi connectivity index (χ0n) is 21.5. The molecule has 3 N–H and O–H groups in total. The summed E-state index contributed by atoms with van der Waals surface area (Å²) in [7, 11) is -2.97. The second-order valence-electron chi connectivity index (χ2n) is 9.95. The number of rotatable bonds is 9. The van der Waals surface area contributed by atoms with Crippen molar-refractivity contribution in [3.63, 3.8) is 0 Å². The summed E-state index contributed by atoms with van der Waals surface area (Å²) in [5.74, 6) is -0.963. The Morgan fingerprint density at radius 2 is 1.68 bits per heavy atom. The van der Waals surface area contributed by atoms with E-state index in [0.717, 1.165) is 12.8 Å². The Bertz CT molecular complexity index is 1270. The van der Waals surface area contributed by atoms with E-state index in [-0.39, 0.29) is 35.1 Å². The van der Waals surface area contributed by atoms with Gasteiger partial charge in [0, 0.05) is 19.0 Å². The van der Waals surface area contributed by atoms with Gasteiger partial charge in [-0.1, -0.05) is 36.4 Å². The zero-order valence-corrected chi connectivity index (χ0v) is 22.3. The molecule has 2 aromatic carbocycles. The van der Waals surface area contributed by atoms with Crippen LogP contribution in [0.3, 0.4) is 0 Å². The number of nitrogens with one attached hydrogen (secondary N) is 3. The summed E-state index contributed by atoms with van der Waals surface area (Å²) >= 11 is 0. The lowest BCUT2D eigenvalue weighted by Gasteiger charge is -2.30. The molecule has 2 aliphatic rings. The maximum Gasteiger partial charge on any atom is 0.246 e. The van der Waals surface area contributed by atoms with Crippen LogP contribution >= 0.6 is 0 Å². The number of amides is 3. The van der Waals surface area contributed by atoms with Crippen molar-refractivity contribution in [1.29, 1.82) is 0 Å². The first-order valence-corrected chi connectivity index (χ1v) is 14.2. The number of hydrogen-bond acceptors (Lipinski definition) is 7. The van der Waals surface area contributed by atoms with Crippen molar-refractivity contribution in [1.82, 2.24) is 20.9 Å². The van der Waals surface area contributed by atoms with Gasteiger partial charge in [-0.05, 0) is 68.5 Å². The van der Waals surface area contributed by atoms with Gasteiger partial charge in [0.05, 0.1) is 10.9 Å². The van der Waals surface area contributed by atoms with Gasteiger partial charge in [0.2, 0.25) is 17.7 Å². The molecule has 10 nitrogen and oxygen atoms in total. The number of carbonyl (C=O) groups excluding carboxylic acids is 3. The molecule has 0 bridgehead atoms. The largest absolute Gasteiger partial charge is 0.744 e. The molecule has 1 aliphatic heterocycles. The van der Waals surface area contributed by atoms with E-state index in [0.29, 0.717) is 24.9 Å². The molecule has 3 atom stereocenters. The van der Waals surface area contributed by atoms with Gasteiger partial charge >= 0.3 is 0 Å². The van der Waals surface area contributed by atoms with Crippen molar-refractivity contribution in [2.24, 2.45) is 0 Å². The van der Waals surface area contributed by atoms with E-state index in [1.165, 1.54) is 40.3 Å². The van der Waals surface area contributed by atoms with Crippen LogP contribution in [0.2, 0.25) is 0 Å². The Hall–Kier alpha value is -3.28. The van der Waals surface area contributed by atoms with Crippen LogP contribution in [0.15, 0.2) is 53.4 Å². The lowest BCUT2D eigenvalue weighted by Crippen LogP contribution is -2.56. The van der Waals surface area contributed by atoms with Gasteiger partial charge in [-0.2, -0.15) is 0 Å². The van der Waals surface area contributed by atoms with E-state index < -0.39 is 28.2 Å². The summed E-state index contributed by atoms with van der Waals surface area (Å²) in [6.07, 6.45) is 2.76. The van der Waals surface area contributed by atoms with E-state index in [1.807, 2.05) is 12.1 Å². The summed E-state index contributed by atoms with van der Waals surface area (Å²) in [6.45, 7) is 2.06. The van der Waals surface area contributed by atoms with Gasteiger partial charge in [0.15, 0.2) is 0 Å². The van der Waals surface area contributed by atoms with Gasteiger partial charge in [-0.25, -0.2) is 8.42 Å². The van der Waals surface area contributed by atoms with E-state index >= 15 is 0 Å². The van der Waals surface area contributed by atoms with Crippen LogP contribution in [0, 0.1) is 0 Å². The van der Waals surface area contributed by atoms with E-state index in [1.54, 1.807) is 14.0 Å². The molecular weight excluding hydrogens is 508 g/mol. The van der Waals surface area contributed by atoms with Crippen molar-refractivity contribution in [2.45, 2.75) is 68.1 Å². The molecule has 1 fully saturated rings. The van der Waals surface area contributed by atoms with Crippen LogP contribution in [0.25, 0.3) is 0 Å². The number of carbonyl (C=O) groups is 3. The average Bonchev–Trinajstić information content (AvgIpc) is 3.54. The third-order valence-corrected chi connectivity index (χ3v) is 8.18. The highest BCUT2D eigenvalue weighted by Gasteiger charge is 2.39. The van der Waals surface area contributed by atoms with E-state index in [2.05, 4.69) is 28.1 Å². The Labute approximate surface area is 222 Å². The molecule has 2 aromatic rings. The molecule has 1 aliphatic carbocycles. The summed E-state index contributed by atoms with van der Waals surface area (Å²) in [5, 5.41) is 8.73. The fraction of sp³-hybridized carbons (Fsp3) is 0.444. The van der Waals surface area contributed by atoms with E-state index in [4.69, 9.17) is 0 Å². The highest BCUT2D eigenvalue weighted by Crippen LogP contribution is 2.24. The molecule has 11 heteroatoms. The lowest BCUT2D eigenvalue weighted by atomic mass is 10.0. The molecule has 3 amide bonds. The Morgan fingerprint density at radius 3 is 2.26 bits per heavy atom. The lowest BCUT2D eigenvalue weighted by molar-refractivity contribution is -0.141. The number of likely N-dealkylation sites (N-methyl/N-ethyl adjacent to an activating group) is 1. The van der Waals surface area contributed by atoms with E-state index in [9.17, 15) is 27.4 Å². The highest BCUT2D eigenvalue weighted by atomic mass is 32.2. The molecule has 38 heavy (non-hydrogen) atoms. The molecule has 1 saturated heterocycles.